The number of carbonyl (C=O) groups excluding carboxylic acids is 1. The van der Waals surface area contributed by atoms with E-state index in [1.165, 1.54) is 0 Å². The molecule has 1 aromatic heterocycles. The number of benzene rings is 5. The number of nitrogens with zero attached hydrogens (tertiary/aromatic N) is 3. The number of nitrogens with one attached hydrogen (secondary N) is 2. The molecular weight excluding hydrogens is 886 g/mol. The number of fused-ring (bicyclic) bond motifs is 2. The second kappa shape index (κ2) is 18.3. The average molecular weight is 925 g/mol. The van der Waals surface area contributed by atoms with Crippen molar-refractivity contribution in [3.8, 4) is 34.4 Å². The number of rotatable bonds is 13. The summed E-state index contributed by atoms with van der Waals surface area (Å²) < 4.78 is 48.7. The predicted molar refractivity (Wildman–Crippen MR) is 239 cm³/mol. The molecule has 3 heterocycles. The number of hydrogen-bond acceptors (Lipinski definition) is 11. The Balaban J connectivity index is 1.01. The number of aliphatic carboxylic acids is 1. The molecule has 0 fully saturated rings. The van der Waals surface area contributed by atoms with Gasteiger partial charge in [0, 0.05) is 20.0 Å². The molecule has 0 spiro atoms. The topological polar surface area (TPSA) is 180 Å². The van der Waals surface area contributed by atoms with Gasteiger partial charge in [-0.1, -0.05) is 89.1 Å². The highest BCUT2D eigenvalue weighted by molar-refractivity contribution is 7.91. The summed E-state index contributed by atoms with van der Waals surface area (Å²) in [6.45, 7) is 1.86. The molecule has 2 aliphatic heterocycles. The van der Waals surface area contributed by atoms with Gasteiger partial charge >= 0.3 is 5.97 Å². The summed E-state index contributed by atoms with van der Waals surface area (Å²) in [6, 6.07) is 30.0. The highest BCUT2D eigenvalue weighted by Crippen LogP contribution is 2.42. The standard InChI is InChI=1S/C46H39Cl2N5O8S2/c1-26-45(62-46(50-2)51-26)63(57,58)53-23-34-21-41-40(60-25-42(61-41)32-12-14-35(15-13-32)59-24-29-7-16-36(47)37(48)17-29)20-33(34)19-39(53)43(54)52-38(44(55)56)18-27-3-8-30(9-4-27)31-10-5-28(22-49)6-11-31/h3-17,20-21,38-39,42H,18-19,23-25H2,1-2H3,(H,50,51)(H,52,54)(H,55,56)/t38-,39-,42-/m0/s1. The van der Waals surface area contributed by atoms with Crippen LogP contribution < -0.4 is 24.8 Å². The lowest BCUT2D eigenvalue weighted by Gasteiger charge is -2.36. The van der Waals surface area contributed by atoms with Crippen molar-refractivity contribution in [1.82, 2.24) is 14.6 Å². The summed E-state index contributed by atoms with van der Waals surface area (Å²) >= 11 is 13.1. The SMILES string of the molecule is CNc1nc(C)c(S(=O)(=O)N2Cc3cc4c(cc3C[C@H]2C(=O)N[C@@H](Cc2ccc(-c3ccc(C#N)cc3)cc2)C(=O)O)OC[C@@H](c2ccc(OCc3ccc(Cl)c(Cl)c3)cc2)O4)s1. The summed E-state index contributed by atoms with van der Waals surface area (Å²) in [6.07, 6.45) is -0.605. The van der Waals surface area contributed by atoms with Gasteiger partial charge < -0.3 is 30.0 Å². The number of thiazole rings is 1. The fourth-order valence-corrected chi connectivity index (χ4v) is 10.8. The number of sulfonamides is 1. The van der Waals surface area contributed by atoms with Crippen molar-refractivity contribution < 1.29 is 37.3 Å². The van der Waals surface area contributed by atoms with E-state index in [2.05, 4.69) is 21.7 Å². The van der Waals surface area contributed by atoms with Gasteiger partial charge in [-0.05, 0) is 101 Å². The molecule has 1 amide bonds. The van der Waals surface area contributed by atoms with Crippen molar-refractivity contribution in [2.45, 2.75) is 55.3 Å². The minimum absolute atomic E-state index is 0.0350. The summed E-state index contributed by atoms with van der Waals surface area (Å²) in [5.74, 6) is -0.555. The Bertz CT molecular complexity index is 2850. The largest absolute Gasteiger partial charge is 0.489 e. The summed E-state index contributed by atoms with van der Waals surface area (Å²) in [4.78, 5) is 31.3. The molecule has 0 bridgehead atoms. The van der Waals surface area contributed by atoms with Crippen LogP contribution in [-0.2, 0) is 45.6 Å². The number of carbonyl (C=O) groups is 2. The molecule has 6 aromatic rings. The molecule has 0 saturated heterocycles. The molecular formula is C46H39Cl2N5O8S2. The summed E-state index contributed by atoms with van der Waals surface area (Å²) in [5.41, 5.74) is 6.15. The highest BCUT2D eigenvalue weighted by atomic mass is 35.5. The second-order valence-electron chi connectivity index (χ2n) is 15.0. The Morgan fingerprint density at radius 2 is 1.63 bits per heavy atom. The van der Waals surface area contributed by atoms with Crippen LogP contribution >= 0.6 is 34.5 Å². The Kier molecular flexibility index (Phi) is 12.6. The van der Waals surface area contributed by atoms with E-state index in [9.17, 15) is 23.1 Å². The average Bonchev–Trinajstić information content (AvgIpc) is 3.69. The first-order chi connectivity index (χ1) is 30.3. The minimum atomic E-state index is -4.35. The van der Waals surface area contributed by atoms with Crippen LogP contribution in [0.15, 0.2) is 107 Å². The second-order valence-corrected chi connectivity index (χ2v) is 18.9. The maximum Gasteiger partial charge on any atom is 0.326 e. The van der Waals surface area contributed by atoms with E-state index in [1.807, 2.05) is 54.6 Å². The smallest absolute Gasteiger partial charge is 0.326 e. The Morgan fingerprint density at radius 1 is 0.952 bits per heavy atom. The monoisotopic (exact) mass is 923 g/mol. The van der Waals surface area contributed by atoms with E-state index < -0.39 is 40.1 Å². The maximum absolute atomic E-state index is 14.5. The van der Waals surface area contributed by atoms with Crippen molar-refractivity contribution in [3.63, 3.8) is 0 Å². The van der Waals surface area contributed by atoms with Crippen LogP contribution in [0.2, 0.25) is 10.0 Å². The quantitative estimate of drug-likeness (QED) is 0.101. The van der Waals surface area contributed by atoms with Gasteiger partial charge in [-0.25, -0.2) is 18.2 Å². The lowest BCUT2D eigenvalue weighted by atomic mass is 9.94. The number of aromatic nitrogens is 1. The molecule has 0 radical (unpaired) electrons. The van der Waals surface area contributed by atoms with Crippen LogP contribution in [0.5, 0.6) is 17.2 Å². The van der Waals surface area contributed by atoms with Crippen LogP contribution in [0.4, 0.5) is 5.13 Å². The molecule has 2 aliphatic rings. The van der Waals surface area contributed by atoms with Crippen LogP contribution in [0.3, 0.4) is 0 Å². The molecule has 3 atom stereocenters. The molecule has 0 aliphatic carbocycles. The van der Waals surface area contributed by atoms with Crippen LogP contribution in [0.1, 0.15) is 45.2 Å². The maximum atomic E-state index is 14.5. The van der Waals surface area contributed by atoms with Crippen LogP contribution in [-0.4, -0.2) is 60.4 Å². The number of halogens is 2. The van der Waals surface area contributed by atoms with E-state index in [-0.39, 0.29) is 35.9 Å². The van der Waals surface area contributed by atoms with Crippen molar-refractivity contribution in [2.24, 2.45) is 0 Å². The first-order valence-electron chi connectivity index (χ1n) is 19.7. The van der Waals surface area contributed by atoms with E-state index in [0.717, 1.165) is 37.9 Å². The van der Waals surface area contributed by atoms with E-state index in [4.69, 9.17) is 42.7 Å². The molecule has 322 valence electrons. The Labute approximate surface area is 377 Å². The van der Waals surface area contributed by atoms with Gasteiger partial charge in [-0.15, -0.1) is 0 Å². The Hall–Kier alpha value is -6.15. The zero-order valence-electron chi connectivity index (χ0n) is 33.8. The molecule has 17 heteroatoms. The Morgan fingerprint density at radius 3 is 2.29 bits per heavy atom. The minimum Gasteiger partial charge on any atom is -0.489 e. The van der Waals surface area contributed by atoms with Crippen molar-refractivity contribution in [1.29, 1.82) is 5.26 Å². The third kappa shape index (κ3) is 9.46. The van der Waals surface area contributed by atoms with Gasteiger partial charge in [-0.3, -0.25) is 4.79 Å². The third-order valence-electron chi connectivity index (χ3n) is 10.8. The molecule has 8 rings (SSSR count). The summed E-state index contributed by atoms with van der Waals surface area (Å²) in [5, 5.41) is 26.3. The fraction of sp³-hybridized carbons (Fsp3) is 0.217. The lowest BCUT2D eigenvalue weighted by molar-refractivity contribution is -0.142. The number of hydrogen-bond donors (Lipinski definition) is 3. The fourth-order valence-electron chi connectivity index (χ4n) is 7.45. The summed E-state index contributed by atoms with van der Waals surface area (Å²) in [7, 11) is -2.71. The number of nitriles is 1. The number of ether oxygens (including phenoxy) is 3. The normalized spacial score (nSPS) is 16.3. The van der Waals surface area contributed by atoms with E-state index in [0.29, 0.717) is 61.3 Å². The van der Waals surface area contributed by atoms with Crippen LogP contribution in [0, 0.1) is 18.3 Å². The number of anilines is 1. The molecule has 5 aromatic carbocycles. The van der Waals surface area contributed by atoms with Gasteiger partial charge in [0.25, 0.3) is 10.0 Å². The van der Waals surface area contributed by atoms with Gasteiger partial charge in [-0.2, -0.15) is 9.57 Å². The third-order valence-corrected chi connectivity index (χ3v) is 15.2. The molecule has 13 nitrogen and oxygen atoms in total. The number of aryl methyl sites for hydroxylation is 1. The van der Waals surface area contributed by atoms with Gasteiger partial charge in [0.1, 0.15) is 31.0 Å². The van der Waals surface area contributed by atoms with Gasteiger partial charge in [0.15, 0.2) is 26.9 Å². The van der Waals surface area contributed by atoms with Crippen molar-refractivity contribution in [2.75, 3.05) is 19.0 Å². The number of amides is 1. The zero-order valence-corrected chi connectivity index (χ0v) is 36.9. The van der Waals surface area contributed by atoms with E-state index >= 15 is 0 Å². The molecule has 63 heavy (non-hydrogen) atoms. The molecule has 0 saturated carbocycles. The van der Waals surface area contributed by atoms with Crippen molar-refractivity contribution >= 4 is 61.6 Å². The number of carboxylic acids is 1. The van der Waals surface area contributed by atoms with Crippen molar-refractivity contribution in [3.05, 3.63) is 152 Å². The van der Waals surface area contributed by atoms with Crippen LogP contribution in [0.25, 0.3) is 11.1 Å². The van der Waals surface area contributed by atoms with E-state index in [1.54, 1.807) is 62.5 Å². The molecule has 3 N–H and O–H groups in total. The highest BCUT2D eigenvalue weighted by Gasteiger charge is 2.43. The zero-order chi connectivity index (χ0) is 44.4. The first kappa shape index (κ1) is 43.5. The molecule has 0 unspecified atom stereocenters. The van der Waals surface area contributed by atoms with Gasteiger partial charge in [0.2, 0.25) is 5.91 Å². The first-order valence-corrected chi connectivity index (χ1v) is 22.7. The van der Waals surface area contributed by atoms with Gasteiger partial charge in [0.05, 0.1) is 27.4 Å². The lowest BCUT2D eigenvalue weighted by Crippen LogP contribution is -2.55. The number of carboxylic acid groups (broad SMARTS) is 1. The predicted octanol–water partition coefficient (Wildman–Crippen LogP) is 8.36.